The number of hydrogen-bond donors (Lipinski definition) is 2. The van der Waals surface area contributed by atoms with Crippen molar-refractivity contribution < 1.29 is 18.3 Å². The predicted molar refractivity (Wildman–Crippen MR) is 96.1 cm³/mol. The van der Waals surface area contributed by atoms with Crippen molar-refractivity contribution in [3.05, 3.63) is 59.7 Å². The van der Waals surface area contributed by atoms with Gasteiger partial charge in [0.15, 0.2) is 0 Å². The summed E-state index contributed by atoms with van der Waals surface area (Å²) in [5.74, 6) is -0.00344. The maximum absolute atomic E-state index is 12.1. The Labute approximate surface area is 148 Å². The lowest BCUT2D eigenvalue weighted by Crippen LogP contribution is -2.25. The molecule has 0 bridgehead atoms. The van der Waals surface area contributed by atoms with Gasteiger partial charge in [0.05, 0.1) is 4.90 Å². The summed E-state index contributed by atoms with van der Waals surface area (Å²) in [6.07, 6.45) is 1.56. The highest BCUT2D eigenvalue weighted by Crippen LogP contribution is 2.14. The maximum atomic E-state index is 12.1. The van der Waals surface area contributed by atoms with Gasteiger partial charge in [0.2, 0.25) is 10.0 Å². The number of phenolic OH excluding ortho intramolecular Hbond substituents is 1. The smallest absolute Gasteiger partial charge is 0.251 e. The molecule has 2 aromatic carbocycles. The van der Waals surface area contributed by atoms with Gasteiger partial charge in [-0.3, -0.25) is 4.79 Å². The van der Waals surface area contributed by atoms with E-state index < -0.39 is 10.0 Å². The van der Waals surface area contributed by atoms with E-state index in [1.807, 2.05) is 12.1 Å². The zero-order valence-electron chi connectivity index (χ0n) is 14.3. The van der Waals surface area contributed by atoms with Crippen molar-refractivity contribution >= 4 is 15.9 Å². The Kier molecular flexibility index (Phi) is 6.17. The average molecular weight is 362 g/mol. The lowest BCUT2D eigenvalue weighted by molar-refractivity contribution is 0.0953. The van der Waals surface area contributed by atoms with Gasteiger partial charge in [-0.2, -0.15) is 0 Å². The number of benzene rings is 2. The Balaban J connectivity index is 1.85. The van der Waals surface area contributed by atoms with Crippen LogP contribution >= 0.6 is 0 Å². The number of sulfonamides is 1. The fourth-order valence-electron chi connectivity index (χ4n) is 2.25. The summed E-state index contributed by atoms with van der Waals surface area (Å²) in [5.41, 5.74) is 1.51. The Morgan fingerprint density at radius 2 is 1.64 bits per heavy atom. The number of carbonyl (C=O) groups excluding carboxylic acids is 1. The molecule has 6 nitrogen and oxygen atoms in total. The van der Waals surface area contributed by atoms with Gasteiger partial charge >= 0.3 is 0 Å². The molecule has 0 unspecified atom stereocenters. The first-order chi connectivity index (χ1) is 11.8. The Bertz CT molecular complexity index is 813. The number of carbonyl (C=O) groups is 1. The largest absolute Gasteiger partial charge is 0.508 e. The Morgan fingerprint density at radius 3 is 2.20 bits per heavy atom. The van der Waals surface area contributed by atoms with Gasteiger partial charge in [-0.25, -0.2) is 12.7 Å². The van der Waals surface area contributed by atoms with E-state index in [0.29, 0.717) is 12.1 Å². The summed E-state index contributed by atoms with van der Waals surface area (Å²) >= 11 is 0. The molecule has 0 radical (unpaired) electrons. The standard InChI is InChI=1S/C18H22N2O4S/c1-20(2)25(23,24)17-11-7-15(8-12-17)18(22)19-13-3-4-14-5-9-16(21)10-6-14/h5-12,21H,3-4,13H2,1-2H3,(H,19,22). The minimum Gasteiger partial charge on any atom is -0.508 e. The molecule has 0 spiro atoms. The summed E-state index contributed by atoms with van der Waals surface area (Å²) in [6, 6.07) is 12.8. The first kappa shape index (κ1) is 19.0. The molecule has 7 heteroatoms. The summed E-state index contributed by atoms with van der Waals surface area (Å²) < 4.78 is 25.1. The van der Waals surface area contributed by atoms with E-state index in [1.54, 1.807) is 12.1 Å². The van der Waals surface area contributed by atoms with E-state index in [4.69, 9.17) is 0 Å². The highest BCUT2D eigenvalue weighted by Gasteiger charge is 2.17. The van der Waals surface area contributed by atoms with Crippen molar-refractivity contribution in [1.82, 2.24) is 9.62 Å². The van der Waals surface area contributed by atoms with Crippen LogP contribution in [0.4, 0.5) is 0 Å². The number of nitrogens with one attached hydrogen (secondary N) is 1. The normalized spacial score (nSPS) is 11.5. The first-order valence-corrected chi connectivity index (χ1v) is 9.33. The molecule has 0 aliphatic carbocycles. The molecule has 0 fully saturated rings. The van der Waals surface area contributed by atoms with Gasteiger partial charge in [-0.05, 0) is 54.8 Å². The number of amides is 1. The molecule has 0 aliphatic heterocycles. The Hall–Kier alpha value is -2.38. The number of aromatic hydroxyl groups is 1. The molecule has 25 heavy (non-hydrogen) atoms. The van der Waals surface area contributed by atoms with Gasteiger partial charge in [-0.1, -0.05) is 12.1 Å². The second kappa shape index (κ2) is 8.13. The molecule has 0 aliphatic rings. The van der Waals surface area contributed by atoms with Crippen molar-refractivity contribution in [3.63, 3.8) is 0 Å². The quantitative estimate of drug-likeness (QED) is 0.738. The first-order valence-electron chi connectivity index (χ1n) is 7.89. The zero-order chi connectivity index (χ0) is 18.4. The highest BCUT2D eigenvalue weighted by atomic mass is 32.2. The lowest BCUT2D eigenvalue weighted by atomic mass is 10.1. The minimum atomic E-state index is -3.49. The Morgan fingerprint density at radius 1 is 1.04 bits per heavy atom. The number of rotatable bonds is 7. The molecule has 0 atom stereocenters. The maximum Gasteiger partial charge on any atom is 0.251 e. The van der Waals surface area contributed by atoms with Crippen LogP contribution in [0.25, 0.3) is 0 Å². The zero-order valence-corrected chi connectivity index (χ0v) is 15.1. The minimum absolute atomic E-state index is 0.154. The second-order valence-corrected chi connectivity index (χ2v) is 7.99. The van der Waals surface area contributed by atoms with Crippen molar-refractivity contribution in [2.24, 2.45) is 0 Å². The topological polar surface area (TPSA) is 86.7 Å². The van der Waals surface area contributed by atoms with Crippen LogP contribution in [0.2, 0.25) is 0 Å². The molecule has 0 saturated carbocycles. The van der Waals surface area contributed by atoms with Crippen molar-refractivity contribution in [2.75, 3.05) is 20.6 Å². The fourth-order valence-corrected chi connectivity index (χ4v) is 3.15. The fraction of sp³-hybridized carbons (Fsp3) is 0.278. The van der Waals surface area contributed by atoms with Crippen LogP contribution in [0.1, 0.15) is 22.3 Å². The summed E-state index contributed by atoms with van der Waals surface area (Å²) in [4.78, 5) is 12.2. The van der Waals surface area contributed by atoms with Crippen LogP contribution in [0.3, 0.4) is 0 Å². The van der Waals surface area contributed by atoms with Crippen LogP contribution in [-0.2, 0) is 16.4 Å². The van der Waals surface area contributed by atoms with E-state index in [-0.39, 0.29) is 16.6 Å². The van der Waals surface area contributed by atoms with Gasteiger partial charge < -0.3 is 10.4 Å². The van der Waals surface area contributed by atoms with Crippen molar-refractivity contribution in [2.45, 2.75) is 17.7 Å². The third kappa shape index (κ3) is 5.04. The number of aryl methyl sites for hydroxylation is 1. The summed E-state index contributed by atoms with van der Waals surface area (Å²) in [5, 5.41) is 12.0. The molecule has 2 N–H and O–H groups in total. The molecule has 2 rings (SSSR count). The average Bonchev–Trinajstić information content (AvgIpc) is 2.60. The third-order valence-electron chi connectivity index (χ3n) is 3.76. The third-order valence-corrected chi connectivity index (χ3v) is 5.59. The molecule has 0 saturated heterocycles. The van der Waals surface area contributed by atoms with Crippen LogP contribution in [0, 0.1) is 0 Å². The number of hydrogen-bond acceptors (Lipinski definition) is 4. The predicted octanol–water partition coefficient (Wildman–Crippen LogP) is 2.01. The molecule has 134 valence electrons. The molecule has 1 amide bonds. The summed E-state index contributed by atoms with van der Waals surface area (Å²) in [7, 11) is -0.565. The molecular formula is C18H22N2O4S. The molecular weight excluding hydrogens is 340 g/mol. The van der Waals surface area contributed by atoms with Crippen LogP contribution in [0.15, 0.2) is 53.4 Å². The van der Waals surface area contributed by atoms with E-state index in [0.717, 1.165) is 22.7 Å². The van der Waals surface area contributed by atoms with Gasteiger partial charge in [0.1, 0.15) is 5.75 Å². The second-order valence-electron chi connectivity index (χ2n) is 5.84. The molecule has 0 heterocycles. The van der Waals surface area contributed by atoms with Crippen molar-refractivity contribution in [3.8, 4) is 5.75 Å². The number of nitrogens with zero attached hydrogens (tertiary/aromatic N) is 1. The van der Waals surface area contributed by atoms with E-state index in [9.17, 15) is 18.3 Å². The highest BCUT2D eigenvalue weighted by molar-refractivity contribution is 7.89. The number of phenols is 1. The van der Waals surface area contributed by atoms with Gasteiger partial charge in [0, 0.05) is 26.2 Å². The van der Waals surface area contributed by atoms with Crippen LogP contribution in [-0.4, -0.2) is 44.4 Å². The van der Waals surface area contributed by atoms with E-state index >= 15 is 0 Å². The van der Waals surface area contributed by atoms with Crippen molar-refractivity contribution in [1.29, 1.82) is 0 Å². The monoisotopic (exact) mass is 362 g/mol. The molecule has 0 aromatic heterocycles. The van der Waals surface area contributed by atoms with Crippen LogP contribution in [0.5, 0.6) is 5.75 Å². The summed E-state index contributed by atoms with van der Waals surface area (Å²) in [6.45, 7) is 0.511. The SMILES string of the molecule is CN(C)S(=O)(=O)c1ccc(C(=O)NCCCc2ccc(O)cc2)cc1. The van der Waals surface area contributed by atoms with Gasteiger partial charge in [0.25, 0.3) is 5.91 Å². The molecule has 2 aromatic rings. The lowest BCUT2D eigenvalue weighted by Gasteiger charge is -2.11. The van der Waals surface area contributed by atoms with Crippen LogP contribution < -0.4 is 5.32 Å². The van der Waals surface area contributed by atoms with E-state index in [1.165, 1.54) is 38.4 Å². The van der Waals surface area contributed by atoms with Gasteiger partial charge in [-0.15, -0.1) is 0 Å². The van der Waals surface area contributed by atoms with E-state index in [2.05, 4.69) is 5.32 Å².